The average Bonchev–Trinajstić information content (AvgIpc) is 3.94. The number of pyridine rings is 1. The molecule has 0 atom stereocenters. The number of rotatable bonds is 13. The van der Waals surface area contributed by atoms with Crippen LogP contribution in [0.5, 0.6) is 11.5 Å². The summed E-state index contributed by atoms with van der Waals surface area (Å²) in [5, 5.41) is 2.24. The molecule has 6 heteroatoms. The Bertz CT molecular complexity index is 3490. The Morgan fingerprint density at radius 2 is 1.22 bits per heavy atom. The van der Waals surface area contributed by atoms with Gasteiger partial charge in [0, 0.05) is 55.7 Å². The van der Waals surface area contributed by atoms with E-state index in [2.05, 4.69) is 258 Å². The minimum Gasteiger partial charge on any atom is -0.509 e. The van der Waals surface area contributed by atoms with Crippen molar-refractivity contribution >= 4 is 38.9 Å². The molecule has 5 nitrogen and oxygen atoms in total. The van der Waals surface area contributed by atoms with E-state index in [0.717, 1.165) is 63.9 Å². The molecular formula is C67H61N4OPt-3. The summed E-state index contributed by atoms with van der Waals surface area (Å²) in [5.74, 6) is 2.70. The number of nitrogens with zero attached hydrogens (tertiary/aromatic N) is 4. The van der Waals surface area contributed by atoms with E-state index in [9.17, 15) is 0 Å². The van der Waals surface area contributed by atoms with Crippen LogP contribution >= 0.6 is 0 Å². The van der Waals surface area contributed by atoms with Gasteiger partial charge in [0.2, 0.25) is 0 Å². The zero-order chi connectivity index (χ0) is 49.5. The van der Waals surface area contributed by atoms with Crippen LogP contribution < -0.4 is 14.5 Å². The molecule has 1 aliphatic rings. The molecule has 0 bridgehead atoms. The maximum Gasteiger partial charge on any atom is 0.135 e. The summed E-state index contributed by atoms with van der Waals surface area (Å²) in [6.07, 6.45) is 3.79. The molecule has 8 aromatic carbocycles. The third-order valence-electron chi connectivity index (χ3n) is 14.2. The Hall–Kier alpha value is -7.20. The van der Waals surface area contributed by atoms with Gasteiger partial charge in [-0.1, -0.05) is 181 Å². The van der Waals surface area contributed by atoms with Crippen molar-refractivity contribution in [3.05, 3.63) is 229 Å². The first-order valence-electron chi connectivity index (χ1n) is 25.5. The smallest absolute Gasteiger partial charge is 0.135 e. The van der Waals surface area contributed by atoms with Crippen molar-refractivity contribution in [2.24, 2.45) is 0 Å². The number of para-hydroxylation sites is 3. The molecular weight excluding hydrogens is 1070 g/mol. The van der Waals surface area contributed by atoms with Crippen LogP contribution in [0.1, 0.15) is 89.0 Å². The van der Waals surface area contributed by atoms with E-state index in [1.807, 2.05) is 12.3 Å². The Kier molecular flexibility index (Phi) is 14.0. The van der Waals surface area contributed by atoms with E-state index >= 15 is 0 Å². The van der Waals surface area contributed by atoms with Crippen LogP contribution in [0.3, 0.4) is 0 Å². The SMILES string of the molecule is CC(C)c1cccc(C(C)C)c1-c1cc(Oc2[c-]c3c(cc2)c2ccccc2n3-c2cc(C(C)(C)C)ccn2)[c-]c(N2[CH-]N(CCCc3c(-c4ccccc4)cccc3-c3ccccc3)c3ccccc32)c1.[Pt]. The van der Waals surface area contributed by atoms with Crippen LogP contribution in [0.4, 0.5) is 17.1 Å². The molecule has 0 spiro atoms. The van der Waals surface area contributed by atoms with Gasteiger partial charge in [0.05, 0.1) is 0 Å². The minimum atomic E-state index is -0.0394. The first kappa shape index (κ1) is 49.4. The van der Waals surface area contributed by atoms with Gasteiger partial charge >= 0.3 is 0 Å². The summed E-state index contributed by atoms with van der Waals surface area (Å²) in [6.45, 7) is 19.0. The Labute approximate surface area is 446 Å². The zero-order valence-electron chi connectivity index (χ0n) is 42.8. The Morgan fingerprint density at radius 3 is 1.89 bits per heavy atom. The fourth-order valence-corrected chi connectivity index (χ4v) is 10.6. The van der Waals surface area contributed by atoms with Gasteiger partial charge in [-0.15, -0.1) is 47.0 Å². The van der Waals surface area contributed by atoms with Crippen LogP contribution in [0.15, 0.2) is 188 Å². The normalized spacial score (nSPS) is 12.5. The second kappa shape index (κ2) is 20.7. The first-order valence-corrected chi connectivity index (χ1v) is 25.5. The van der Waals surface area contributed by atoms with Gasteiger partial charge in [-0.05, 0) is 122 Å². The predicted octanol–water partition coefficient (Wildman–Crippen LogP) is 17.8. The maximum absolute atomic E-state index is 7.04. The molecule has 0 aliphatic carbocycles. The van der Waals surface area contributed by atoms with E-state index in [-0.39, 0.29) is 26.5 Å². The van der Waals surface area contributed by atoms with E-state index in [4.69, 9.17) is 9.72 Å². The molecule has 10 aromatic rings. The molecule has 0 N–H and O–H groups in total. The molecule has 0 amide bonds. The van der Waals surface area contributed by atoms with Crippen molar-refractivity contribution in [2.45, 2.75) is 78.6 Å². The van der Waals surface area contributed by atoms with Crippen molar-refractivity contribution in [3.63, 3.8) is 0 Å². The van der Waals surface area contributed by atoms with E-state index in [1.54, 1.807) is 0 Å². The molecule has 3 heterocycles. The number of fused-ring (bicyclic) bond motifs is 4. The molecule has 0 saturated carbocycles. The molecule has 11 rings (SSSR count). The predicted molar refractivity (Wildman–Crippen MR) is 301 cm³/mol. The van der Waals surface area contributed by atoms with Gasteiger partial charge in [0.1, 0.15) is 5.82 Å². The van der Waals surface area contributed by atoms with Gasteiger partial charge in [-0.2, -0.15) is 12.7 Å². The number of ether oxygens (including phenoxy) is 1. The fourth-order valence-electron chi connectivity index (χ4n) is 10.6. The molecule has 73 heavy (non-hydrogen) atoms. The minimum absolute atomic E-state index is 0. The summed E-state index contributed by atoms with van der Waals surface area (Å²) in [4.78, 5) is 9.64. The topological polar surface area (TPSA) is 33.5 Å². The molecule has 2 aromatic heterocycles. The quantitative estimate of drug-likeness (QED) is 0.108. The third-order valence-corrected chi connectivity index (χ3v) is 14.2. The zero-order valence-corrected chi connectivity index (χ0v) is 45.0. The van der Waals surface area contributed by atoms with Crippen molar-refractivity contribution in [1.29, 1.82) is 0 Å². The van der Waals surface area contributed by atoms with Crippen LogP contribution in [-0.4, -0.2) is 16.1 Å². The largest absolute Gasteiger partial charge is 0.509 e. The van der Waals surface area contributed by atoms with Crippen molar-refractivity contribution in [3.8, 4) is 50.7 Å². The summed E-state index contributed by atoms with van der Waals surface area (Å²) in [5.41, 5.74) is 17.7. The molecule has 0 fully saturated rings. The number of benzene rings is 8. The van der Waals surface area contributed by atoms with Crippen LogP contribution in [0.25, 0.3) is 61.0 Å². The maximum atomic E-state index is 7.04. The molecule has 1 aliphatic heterocycles. The number of aromatic nitrogens is 2. The van der Waals surface area contributed by atoms with Crippen molar-refractivity contribution in [2.75, 3.05) is 16.3 Å². The van der Waals surface area contributed by atoms with E-state index in [1.165, 1.54) is 55.8 Å². The van der Waals surface area contributed by atoms with Crippen LogP contribution in [0, 0.1) is 18.8 Å². The number of anilines is 3. The van der Waals surface area contributed by atoms with E-state index < -0.39 is 0 Å². The Balaban J connectivity index is 0.00000611. The first-order chi connectivity index (χ1) is 35.0. The number of hydrogen-bond acceptors (Lipinski definition) is 4. The molecule has 0 unspecified atom stereocenters. The molecule has 368 valence electrons. The summed E-state index contributed by atoms with van der Waals surface area (Å²) >= 11 is 0. The van der Waals surface area contributed by atoms with Gasteiger partial charge in [-0.3, -0.25) is 0 Å². The standard InChI is InChI=1S/C67H61N4O.Pt/c1-45(2)54-26-18-27-55(46(3)4)66(54)49-39-51(42-53(40-49)72-52-34-35-60-59-25-14-15-31-61(59)71(64(60)43-52)65-41-50(36-37-68-65)67(5,6)7)70-44-69(62-32-16-17-33-63(62)70)38-20-30-58-56(47-21-10-8-11-22-47)28-19-29-57(58)48-23-12-9-13-24-48;/h8-19,21-29,31-37,39-41,44-46H,20,30,38H2,1-7H3;/q-3;. The second-order valence-electron chi connectivity index (χ2n) is 20.8. The summed E-state index contributed by atoms with van der Waals surface area (Å²) in [7, 11) is 0. The van der Waals surface area contributed by atoms with E-state index in [0.29, 0.717) is 23.3 Å². The monoisotopic (exact) mass is 1130 g/mol. The summed E-state index contributed by atoms with van der Waals surface area (Å²) < 4.78 is 9.26. The molecule has 0 saturated heterocycles. The van der Waals surface area contributed by atoms with Gasteiger partial charge in [0.25, 0.3) is 0 Å². The van der Waals surface area contributed by atoms with Gasteiger partial charge in [-0.25, -0.2) is 4.98 Å². The fraction of sp³-hybridized carbons (Fsp3) is 0.194. The van der Waals surface area contributed by atoms with Gasteiger partial charge in [0.15, 0.2) is 0 Å². The van der Waals surface area contributed by atoms with Gasteiger partial charge < -0.3 is 19.1 Å². The molecule has 0 radical (unpaired) electrons. The van der Waals surface area contributed by atoms with Crippen molar-refractivity contribution in [1.82, 2.24) is 9.55 Å². The van der Waals surface area contributed by atoms with Crippen LogP contribution in [0.2, 0.25) is 0 Å². The van der Waals surface area contributed by atoms with Crippen LogP contribution in [-0.2, 0) is 32.9 Å². The Morgan fingerprint density at radius 1 is 0.589 bits per heavy atom. The number of hydrogen-bond donors (Lipinski definition) is 0. The van der Waals surface area contributed by atoms with Crippen molar-refractivity contribution < 1.29 is 25.8 Å². The second-order valence-corrected chi connectivity index (χ2v) is 20.8. The third kappa shape index (κ3) is 9.76. The summed E-state index contributed by atoms with van der Waals surface area (Å²) in [6, 6.07) is 72.9. The average molecular weight is 1130 g/mol.